The van der Waals surface area contributed by atoms with Gasteiger partial charge in [0.2, 0.25) is 0 Å². The lowest BCUT2D eigenvalue weighted by Crippen LogP contribution is -1.87. The molecule has 0 amide bonds. The van der Waals surface area contributed by atoms with Crippen LogP contribution in [0.3, 0.4) is 0 Å². The molecule has 90 valence electrons. The van der Waals surface area contributed by atoms with E-state index in [1.54, 1.807) is 22.7 Å². The molecule has 3 rings (SSSR count). The summed E-state index contributed by atoms with van der Waals surface area (Å²) < 4.78 is 1.08. The van der Waals surface area contributed by atoms with Crippen LogP contribution in [0.4, 0.5) is 10.7 Å². The van der Waals surface area contributed by atoms with Crippen LogP contribution in [0, 0.1) is 0 Å². The SMILES string of the molecule is Brc1ccccc1Nc1ccc(-c2cccs2)s1. The van der Waals surface area contributed by atoms with Crippen LogP contribution in [0.5, 0.6) is 0 Å². The first kappa shape index (κ1) is 12.0. The predicted octanol–water partition coefficient (Wildman–Crippen LogP) is 5.98. The molecule has 0 aliphatic carbocycles. The van der Waals surface area contributed by atoms with Gasteiger partial charge < -0.3 is 5.32 Å². The fraction of sp³-hybridized carbons (Fsp3) is 0. The van der Waals surface area contributed by atoms with Crippen molar-refractivity contribution in [2.45, 2.75) is 0 Å². The van der Waals surface area contributed by atoms with Crippen molar-refractivity contribution in [2.75, 3.05) is 5.32 Å². The number of para-hydroxylation sites is 1. The topological polar surface area (TPSA) is 12.0 Å². The van der Waals surface area contributed by atoms with Gasteiger partial charge in [-0.3, -0.25) is 0 Å². The van der Waals surface area contributed by atoms with E-state index in [4.69, 9.17) is 0 Å². The fourth-order valence-corrected chi connectivity index (χ4v) is 3.79. The standard InChI is InChI=1S/C14H10BrNS2/c15-10-4-1-2-5-11(10)16-14-8-7-13(18-14)12-6-3-9-17-12/h1-9,16H. The van der Waals surface area contributed by atoms with Gasteiger partial charge in [0.05, 0.1) is 10.7 Å². The minimum absolute atomic E-state index is 1.08. The monoisotopic (exact) mass is 335 g/mol. The van der Waals surface area contributed by atoms with Gasteiger partial charge in [0.1, 0.15) is 0 Å². The lowest BCUT2D eigenvalue weighted by atomic mass is 10.3. The zero-order chi connectivity index (χ0) is 12.4. The molecule has 3 aromatic rings. The summed E-state index contributed by atoms with van der Waals surface area (Å²) in [5.74, 6) is 0. The van der Waals surface area contributed by atoms with E-state index in [0.29, 0.717) is 0 Å². The van der Waals surface area contributed by atoms with Crippen molar-refractivity contribution in [2.24, 2.45) is 0 Å². The highest BCUT2D eigenvalue weighted by atomic mass is 79.9. The molecule has 0 unspecified atom stereocenters. The number of hydrogen-bond donors (Lipinski definition) is 1. The minimum atomic E-state index is 1.08. The molecule has 1 nitrogen and oxygen atoms in total. The molecule has 2 heterocycles. The normalized spacial score (nSPS) is 10.5. The molecular weight excluding hydrogens is 326 g/mol. The van der Waals surface area contributed by atoms with Crippen LogP contribution >= 0.6 is 38.6 Å². The van der Waals surface area contributed by atoms with E-state index in [1.165, 1.54) is 9.75 Å². The van der Waals surface area contributed by atoms with Crippen molar-refractivity contribution in [1.29, 1.82) is 0 Å². The minimum Gasteiger partial charge on any atom is -0.346 e. The molecule has 2 aromatic heterocycles. The van der Waals surface area contributed by atoms with Gasteiger partial charge in [-0.15, -0.1) is 22.7 Å². The van der Waals surface area contributed by atoms with Crippen molar-refractivity contribution < 1.29 is 0 Å². The summed E-state index contributed by atoms with van der Waals surface area (Å²) in [7, 11) is 0. The number of nitrogens with one attached hydrogen (secondary N) is 1. The van der Waals surface area contributed by atoms with Crippen LogP contribution in [0.2, 0.25) is 0 Å². The van der Waals surface area contributed by atoms with Crippen LogP contribution < -0.4 is 5.32 Å². The van der Waals surface area contributed by atoms with E-state index in [9.17, 15) is 0 Å². The van der Waals surface area contributed by atoms with Gasteiger partial charge in [-0.2, -0.15) is 0 Å². The second kappa shape index (κ2) is 5.26. The molecule has 0 saturated heterocycles. The van der Waals surface area contributed by atoms with Crippen molar-refractivity contribution >= 4 is 49.3 Å². The lowest BCUT2D eigenvalue weighted by molar-refractivity contribution is 1.57. The molecule has 4 heteroatoms. The molecule has 0 radical (unpaired) electrons. The maximum atomic E-state index is 3.54. The van der Waals surface area contributed by atoms with Crippen LogP contribution in [-0.2, 0) is 0 Å². The van der Waals surface area contributed by atoms with E-state index >= 15 is 0 Å². The van der Waals surface area contributed by atoms with E-state index in [1.807, 2.05) is 18.2 Å². The number of halogens is 1. The van der Waals surface area contributed by atoms with Gasteiger partial charge in [-0.25, -0.2) is 0 Å². The molecule has 0 fully saturated rings. The van der Waals surface area contributed by atoms with E-state index < -0.39 is 0 Å². The van der Waals surface area contributed by atoms with E-state index in [-0.39, 0.29) is 0 Å². The number of benzene rings is 1. The summed E-state index contributed by atoms with van der Waals surface area (Å²) >= 11 is 7.09. The highest BCUT2D eigenvalue weighted by Crippen LogP contribution is 2.36. The first-order valence-electron chi connectivity index (χ1n) is 5.48. The quantitative estimate of drug-likeness (QED) is 0.620. The van der Waals surface area contributed by atoms with Crippen LogP contribution in [0.1, 0.15) is 0 Å². The first-order valence-corrected chi connectivity index (χ1v) is 7.97. The molecule has 18 heavy (non-hydrogen) atoms. The zero-order valence-electron chi connectivity index (χ0n) is 9.39. The highest BCUT2D eigenvalue weighted by Gasteiger charge is 2.05. The second-order valence-corrected chi connectivity index (χ2v) is 6.63. The maximum absolute atomic E-state index is 3.54. The average molecular weight is 336 g/mol. The number of thiophene rings is 2. The third-order valence-corrected chi connectivity index (χ3v) is 5.26. The molecule has 0 aliphatic rings. The van der Waals surface area contributed by atoms with Crippen LogP contribution in [0.15, 0.2) is 58.4 Å². The molecule has 0 saturated carbocycles. The fourth-order valence-electron chi connectivity index (χ4n) is 1.65. The van der Waals surface area contributed by atoms with E-state index in [0.717, 1.165) is 15.2 Å². The number of anilines is 2. The molecule has 0 bridgehead atoms. The smallest absolute Gasteiger partial charge is 0.0933 e. The second-order valence-electron chi connectivity index (χ2n) is 3.75. The highest BCUT2D eigenvalue weighted by molar-refractivity contribution is 9.10. The summed E-state index contributed by atoms with van der Waals surface area (Å²) in [5.41, 5.74) is 1.09. The largest absolute Gasteiger partial charge is 0.346 e. The number of hydrogen-bond acceptors (Lipinski definition) is 3. The van der Waals surface area contributed by atoms with Crippen LogP contribution in [0.25, 0.3) is 9.75 Å². The van der Waals surface area contributed by atoms with Gasteiger partial charge in [0.15, 0.2) is 0 Å². The predicted molar refractivity (Wildman–Crippen MR) is 85.1 cm³/mol. The molecule has 0 atom stereocenters. The van der Waals surface area contributed by atoms with Gasteiger partial charge >= 0.3 is 0 Å². The summed E-state index contributed by atoms with van der Waals surface area (Å²) in [6, 6.07) is 16.7. The Balaban J connectivity index is 1.85. The van der Waals surface area contributed by atoms with Gasteiger partial charge in [0.25, 0.3) is 0 Å². The van der Waals surface area contributed by atoms with Gasteiger partial charge in [-0.05, 0) is 51.6 Å². The summed E-state index contributed by atoms with van der Waals surface area (Å²) in [4.78, 5) is 2.62. The Morgan fingerprint density at radius 1 is 0.889 bits per heavy atom. The van der Waals surface area contributed by atoms with Crippen molar-refractivity contribution in [3.8, 4) is 9.75 Å². The van der Waals surface area contributed by atoms with Crippen molar-refractivity contribution in [3.05, 3.63) is 58.4 Å². The van der Waals surface area contributed by atoms with Crippen molar-refractivity contribution in [1.82, 2.24) is 0 Å². The average Bonchev–Trinajstić information content (AvgIpc) is 3.02. The molecule has 1 N–H and O–H groups in total. The Morgan fingerprint density at radius 3 is 2.56 bits per heavy atom. The Hall–Kier alpha value is -1.10. The maximum Gasteiger partial charge on any atom is 0.0933 e. The summed E-state index contributed by atoms with van der Waals surface area (Å²) in [6.07, 6.45) is 0. The third kappa shape index (κ3) is 2.51. The van der Waals surface area contributed by atoms with Gasteiger partial charge in [-0.1, -0.05) is 18.2 Å². The van der Waals surface area contributed by atoms with Gasteiger partial charge in [0, 0.05) is 14.2 Å². The third-order valence-electron chi connectivity index (χ3n) is 2.50. The zero-order valence-corrected chi connectivity index (χ0v) is 12.6. The van der Waals surface area contributed by atoms with Crippen molar-refractivity contribution in [3.63, 3.8) is 0 Å². The Morgan fingerprint density at radius 2 is 1.78 bits per heavy atom. The summed E-state index contributed by atoms with van der Waals surface area (Å²) in [5, 5.41) is 6.70. The Labute approximate surface area is 122 Å². The Kier molecular flexibility index (Phi) is 3.50. The van der Waals surface area contributed by atoms with E-state index in [2.05, 4.69) is 57.0 Å². The lowest BCUT2D eigenvalue weighted by Gasteiger charge is -2.05. The number of rotatable bonds is 3. The van der Waals surface area contributed by atoms with Crippen LogP contribution in [-0.4, -0.2) is 0 Å². The first-order chi connectivity index (χ1) is 8.83. The summed E-state index contributed by atoms with van der Waals surface area (Å²) in [6.45, 7) is 0. The Bertz CT molecular complexity index is 643. The molecular formula is C14H10BrNS2. The molecule has 1 aromatic carbocycles. The molecule has 0 aliphatic heterocycles. The molecule has 0 spiro atoms.